The molecule has 5 heteroatoms. The van der Waals surface area contributed by atoms with E-state index in [4.69, 9.17) is 21.1 Å². The first-order valence-corrected chi connectivity index (χ1v) is 6.89. The maximum atomic E-state index is 5.96. The van der Waals surface area contributed by atoms with Crippen molar-refractivity contribution in [3.05, 3.63) is 17.0 Å². The molecule has 0 unspecified atom stereocenters. The van der Waals surface area contributed by atoms with E-state index in [1.165, 1.54) is 0 Å². The fraction of sp³-hybridized carbons (Fsp3) is 0.692. The summed E-state index contributed by atoms with van der Waals surface area (Å²) in [5, 5.41) is 0.454. The minimum absolute atomic E-state index is 0.454. The van der Waals surface area contributed by atoms with Gasteiger partial charge in [-0.1, -0.05) is 18.5 Å². The highest BCUT2D eigenvalue weighted by atomic mass is 35.5. The molecule has 1 aliphatic heterocycles. The van der Waals surface area contributed by atoms with Crippen LogP contribution in [0.3, 0.4) is 0 Å². The van der Waals surface area contributed by atoms with Crippen LogP contribution in [0.5, 0.6) is 5.88 Å². The Balaban J connectivity index is 1.91. The number of hydrogen-bond acceptors (Lipinski definition) is 4. The minimum Gasteiger partial charge on any atom is -0.477 e. The lowest BCUT2D eigenvalue weighted by molar-refractivity contribution is 0.0490. The smallest absolute Gasteiger partial charge is 0.218 e. The first-order chi connectivity index (χ1) is 8.78. The fourth-order valence-corrected chi connectivity index (χ4v) is 2.16. The van der Waals surface area contributed by atoms with Gasteiger partial charge in [-0.15, -0.1) is 0 Å². The van der Waals surface area contributed by atoms with Crippen molar-refractivity contribution < 1.29 is 9.47 Å². The van der Waals surface area contributed by atoms with Crippen molar-refractivity contribution in [2.75, 3.05) is 19.8 Å². The molecule has 0 saturated carbocycles. The maximum Gasteiger partial charge on any atom is 0.218 e. The van der Waals surface area contributed by atoms with Crippen LogP contribution in [0.4, 0.5) is 0 Å². The van der Waals surface area contributed by atoms with Crippen molar-refractivity contribution in [3.63, 3.8) is 0 Å². The Labute approximate surface area is 113 Å². The van der Waals surface area contributed by atoms with Crippen LogP contribution in [0, 0.1) is 5.92 Å². The summed E-state index contributed by atoms with van der Waals surface area (Å²) in [4.78, 5) is 8.53. The molecule has 4 nitrogen and oxygen atoms in total. The van der Waals surface area contributed by atoms with Crippen molar-refractivity contribution >= 4 is 11.6 Å². The zero-order chi connectivity index (χ0) is 12.8. The van der Waals surface area contributed by atoms with Crippen LogP contribution < -0.4 is 4.74 Å². The van der Waals surface area contributed by atoms with Crippen molar-refractivity contribution in [3.8, 4) is 5.88 Å². The molecule has 2 heterocycles. The third-order valence-electron chi connectivity index (χ3n) is 3.00. The SMILES string of the molecule is CCCc1nc(Cl)cc(OCC2CCOCC2)n1. The number of hydrogen-bond donors (Lipinski definition) is 0. The number of aryl methyl sites for hydroxylation is 1. The Morgan fingerprint density at radius 2 is 2.17 bits per heavy atom. The van der Waals surface area contributed by atoms with E-state index in [-0.39, 0.29) is 0 Å². The van der Waals surface area contributed by atoms with Gasteiger partial charge in [-0.3, -0.25) is 0 Å². The van der Waals surface area contributed by atoms with Gasteiger partial charge in [0.2, 0.25) is 5.88 Å². The van der Waals surface area contributed by atoms with E-state index < -0.39 is 0 Å². The van der Waals surface area contributed by atoms with Gasteiger partial charge in [0.1, 0.15) is 11.0 Å². The van der Waals surface area contributed by atoms with Gasteiger partial charge in [-0.2, -0.15) is 4.98 Å². The quantitative estimate of drug-likeness (QED) is 0.772. The van der Waals surface area contributed by atoms with Crippen LogP contribution in [0.2, 0.25) is 5.15 Å². The van der Waals surface area contributed by atoms with Gasteiger partial charge in [0.15, 0.2) is 0 Å². The molecule has 1 aromatic heterocycles. The average molecular weight is 271 g/mol. The molecule has 100 valence electrons. The lowest BCUT2D eigenvalue weighted by Crippen LogP contribution is -2.21. The minimum atomic E-state index is 0.454. The number of aromatic nitrogens is 2. The van der Waals surface area contributed by atoms with E-state index in [0.717, 1.165) is 44.7 Å². The molecule has 0 aliphatic carbocycles. The molecule has 1 aromatic rings. The molecule has 2 rings (SSSR count). The van der Waals surface area contributed by atoms with Crippen LogP contribution in [0.1, 0.15) is 32.0 Å². The van der Waals surface area contributed by atoms with E-state index in [1.807, 2.05) is 0 Å². The van der Waals surface area contributed by atoms with Crippen molar-refractivity contribution in [1.29, 1.82) is 0 Å². The predicted octanol–water partition coefficient (Wildman–Crippen LogP) is 2.89. The monoisotopic (exact) mass is 270 g/mol. The van der Waals surface area contributed by atoms with Crippen LogP contribution in [-0.2, 0) is 11.2 Å². The summed E-state index contributed by atoms with van der Waals surface area (Å²) >= 11 is 5.96. The number of halogens is 1. The Morgan fingerprint density at radius 1 is 1.39 bits per heavy atom. The van der Waals surface area contributed by atoms with Gasteiger partial charge in [0.25, 0.3) is 0 Å². The molecule has 0 radical (unpaired) electrons. The molecule has 0 amide bonds. The molecule has 0 spiro atoms. The Bertz CT molecular complexity index is 381. The molecule has 1 saturated heterocycles. The van der Waals surface area contributed by atoms with Crippen LogP contribution >= 0.6 is 11.6 Å². The van der Waals surface area contributed by atoms with Crippen molar-refractivity contribution in [2.24, 2.45) is 5.92 Å². The molecule has 0 bridgehead atoms. The topological polar surface area (TPSA) is 44.2 Å². The zero-order valence-electron chi connectivity index (χ0n) is 10.7. The van der Waals surface area contributed by atoms with Gasteiger partial charge in [0, 0.05) is 25.7 Å². The van der Waals surface area contributed by atoms with Crippen LogP contribution in [-0.4, -0.2) is 29.8 Å². The second-order valence-electron chi connectivity index (χ2n) is 4.56. The predicted molar refractivity (Wildman–Crippen MR) is 70.1 cm³/mol. The second-order valence-corrected chi connectivity index (χ2v) is 4.95. The third kappa shape index (κ3) is 4.10. The number of nitrogens with zero attached hydrogens (tertiary/aromatic N) is 2. The third-order valence-corrected chi connectivity index (χ3v) is 3.19. The lowest BCUT2D eigenvalue weighted by Gasteiger charge is -2.21. The van der Waals surface area contributed by atoms with Gasteiger partial charge >= 0.3 is 0 Å². The summed E-state index contributed by atoms with van der Waals surface area (Å²) in [6.07, 6.45) is 3.94. The summed E-state index contributed by atoms with van der Waals surface area (Å²) in [5.74, 6) is 1.90. The van der Waals surface area contributed by atoms with Crippen LogP contribution in [0.15, 0.2) is 6.07 Å². The maximum absolute atomic E-state index is 5.96. The lowest BCUT2D eigenvalue weighted by atomic mass is 10.0. The molecule has 1 fully saturated rings. The highest BCUT2D eigenvalue weighted by Crippen LogP contribution is 2.19. The summed E-state index contributed by atoms with van der Waals surface area (Å²) < 4.78 is 11.0. The summed E-state index contributed by atoms with van der Waals surface area (Å²) in [5.41, 5.74) is 0. The molecule has 0 N–H and O–H groups in total. The van der Waals surface area contributed by atoms with Crippen LogP contribution in [0.25, 0.3) is 0 Å². The van der Waals surface area contributed by atoms with Crippen molar-refractivity contribution in [1.82, 2.24) is 9.97 Å². The summed E-state index contributed by atoms with van der Waals surface area (Å²) in [6.45, 7) is 4.44. The average Bonchev–Trinajstić information content (AvgIpc) is 2.37. The van der Waals surface area contributed by atoms with Crippen molar-refractivity contribution in [2.45, 2.75) is 32.6 Å². The largest absolute Gasteiger partial charge is 0.477 e. The number of rotatable bonds is 5. The molecular formula is C13H19ClN2O2. The molecule has 0 atom stereocenters. The Kier molecular flexibility index (Phi) is 5.20. The van der Waals surface area contributed by atoms with E-state index in [2.05, 4.69) is 16.9 Å². The number of ether oxygens (including phenoxy) is 2. The van der Waals surface area contributed by atoms with E-state index in [9.17, 15) is 0 Å². The van der Waals surface area contributed by atoms with E-state index in [1.54, 1.807) is 6.07 Å². The van der Waals surface area contributed by atoms with Gasteiger partial charge in [-0.25, -0.2) is 4.98 Å². The Hall–Kier alpha value is -0.870. The zero-order valence-corrected chi connectivity index (χ0v) is 11.4. The molecule has 18 heavy (non-hydrogen) atoms. The second kappa shape index (κ2) is 6.90. The molecule has 1 aliphatic rings. The summed E-state index contributed by atoms with van der Waals surface area (Å²) in [7, 11) is 0. The van der Waals surface area contributed by atoms with Gasteiger partial charge in [-0.05, 0) is 25.2 Å². The summed E-state index contributed by atoms with van der Waals surface area (Å²) in [6, 6.07) is 1.68. The normalized spacial score (nSPS) is 16.8. The Morgan fingerprint density at radius 3 is 2.89 bits per heavy atom. The first-order valence-electron chi connectivity index (χ1n) is 6.52. The molecular weight excluding hydrogens is 252 g/mol. The first kappa shape index (κ1) is 13.6. The highest BCUT2D eigenvalue weighted by molar-refractivity contribution is 6.29. The highest BCUT2D eigenvalue weighted by Gasteiger charge is 2.15. The standard InChI is InChI=1S/C13H19ClN2O2/c1-2-3-12-15-11(14)8-13(16-12)18-9-10-4-6-17-7-5-10/h8,10H,2-7,9H2,1H3. The van der Waals surface area contributed by atoms with Gasteiger partial charge in [0.05, 0.1) is 6.61 Å². The fourth-order valence-electron chi connectivity index (χ4n) is 1.97. The molecule has 0 aromatic carbocycles. The van der Waals surface area contributed by atoms with Gasteiger partial charge < -0.3 is 9.47 Å². The van der Waals surface area contributed by atoms with E-state index >= 15 is 0 Å². The van der Waals surface area contributed by atoms with E-state index in [0.29, 0.717) is 23.6 Å².